The van der Waals surface area contributed by atoms with Crippen molar-refractivity contribution < 1.29 is 17.7 Å². The Kier molecular flexibility index (Phi) is 6.09. The fraction of sp³-hybridized carbons (Fsp3) is 0.438. The van der Waals surface area contributed by atoms with Gasteiger partial charge in [0.05, 0.1) is 16.5 Å². The van der Waals surface area contributed by atoms with E-state index in [2.05, 4.69) is 15.5 Å². The van der Waals surface area contributed by atoms with Crippen molar-refractivity contribution in [2.24, 2.45) is 0 Å². The molecule has 0 atom stereocenters. The second kappa shape index (κ2) is 7.77. The largest absolute Gasteiger partial charge is 0.338 e. The van der Waals surface area contributed by atoms with Crippen molar-refractivity contribution in [2.75, 3.05) is 25.2 Å². The summed E-state index contributed by atoms with van der Waals surface area (Å²) in [7, 11) is -0.602. The Bertz CT molecular complexity index is 868. The average Bonchev–Trinajstić information content (AvgIpc) is 3.02. The normalized spacial score (nSPS) is 12.4. The molecule has 0 aliphatic rings. The molecular formula is C16H22N4O4S2. The molecular weight excluding hydrogens is 376 g/mol. The molecule has 0 saturated carbocycles. The zero-order chi connectivity index (χ0) is 19.5. The number of anilines is 1. The summed E-state index contributed by atoms with van der Waals surface area (Å²) in [5, 5.41) is 7.12. The van der Waals surface area contributed by atoms with Gasteiger partial charge in [-0.3, -0.25) is 10.1 Å². The molecule has 26 heavy (non-hydrogen) atoms. The summed E-state index contributed by atoms with van der Waals surface area (Å²) in [6, 6.07) is 4.73. The monoisotopic (exact) mass is 398 g/mol. The van der Waals surface area contributed by atoms with Crippen LogP contribution >= 0.6 is 11.8 Å². The molecule has 0 saturated heterocycles. The number of carbonyl (C=O) groups excluding carboxylic acids is 1. The number of hydrogen-bond donors (Lipinski definition) is 1. The predicted molar refractivity (Wildman–Crippen MR) is 99.7 cm³/mol. The van der Waals surface area contributed by atoms with Crippen LogP contribution in [0.5, 0.6) is 0 Å². The van der Waals surface area contributed by atoms with Gasteiger partial charge in [0.15, 0.2) is 0 Å². The minimum Gasteiger partial charge on any atom is -0.338 e. The number of aromatic nitrogens is 2. The molecule has 0 aliphatic carbocycles. The second-order valence-corrected chi connectivity index (χ2v) is 9.93. The summed E-state index contributed by atoms with van der Waals surface area (Å²) >= 11 is 1.19. The molecule has 0 bridgehead atoms. The first-order valence-electron chi connectivity index (χ1n) is 7.78. The van der Waals surface area contributed by atoms with Gasteiger partial charge in [-0.1, -0.05) is 37.7 Å². The number of hydrogen-bond acceptors (Lipinski definition) is 7. The maximum atomic E-state index is 12.0. The van der Waals surface area contributed by atoms with Crippen LogP contribution in [0.3, 0.4) is 0 Å². The van der Waals surface area contributed by atoms with E-state index in [1.165, 1.54) is 38.1 Å². The van der Waals surface area contributed by atoms with Crippen molar-refractivity contribution in [3.63, 3.8) is 0 Å². The first-order valence-corrected chi connectivity index (χ1v) is 10.2. The lowest BCUT2D eigenvalue weighted by atomic mass is 9.92. The van der Waals surface area contributed by atoms with Crippen LogP contribution in [0.1, 0.15) is 26.5 Å². The SMILES string of the molecule is CN(C)S(=O)(=O)c1ccc(SCC(=O)Nc2cc(C(C)(C)C)no2)nc1. The van der Waals surface area contributed by atoms with Gasteiger partial charge in [-0.2, -0.15) is 0 Å². The van der Waals surface area contributed by atoms with Gasteiger partial charge < -0.3 is 4.52 Å². The third-order valence-electron chi connectivity index (χ3n) is 3.38. The second-order valence-electron chi connectivity index (χ2n) is 6.78. The summed E-state index contributed by atoms with van der Waals surface area (Å²) in [5.41, 5.74) is 0.583. The van der Waals surface area contributed by atoms with E-state index in [1.54, 1.807) is 12.1 Å². The van der Waals surface area contributed by atoms with Crippen molar-refractivity contribution in [1.29, 1.82) is 0 Å². The van der Waals surface area contributed by atoms with Crippen LogP contribution in [-0.2, 0) is 20.2 Å². The highest BCUT2D eigenvalue weighted by atomic mass is 32.2. The van der Waals surface area contributed by atoms with Gasteiger partial charge in [0.2, 0.25) is 21.8 Å². The Hall–Kier alpha value is -1.91. The van der Waals surface area contributed by atoms with E-state index in [4.69, 9.17) is 4.52 Å². The number of sulfonamides is 1. The number of nitrogens with one attached hydrogen (secondary N) is 1. The summed E-state index contributed by atoms with van der Waals surface area (Å²) < 4.78 is 30.2. The van der Waals surface area contributed by atoms with Gasteiger partial charge in [0.1, 0.15) is 4.90 Å². The van der Waals surface area contributed by atoms with Crippen LogP contribution in [0, 0.1) is 0 Å². The van der Waals surface area contributed by atoms with E-state index < -0.39 is 10.0 Å². The molecule has 2 rings (SSSR count). The van der Waals surface area contributed by atoms with Crippen molar-refractivity contribution in [3.8, 4) is 0 Å². The molecule has 8 nitrogen and oxygen atoms in total. The number of pyridine rings is 1. The Morgan fingerprint density at radius 1 is 1.31 bits per heavy atom. The van der Waals surface area contributed by atoms with Gasteiger partial charge in [0, 0.05) is 31.8 Å². The van der Waals surface area contributed by atoms with Crippen molar-refractivity contribution in [3.05, 3.63) is 30.1 Å². The average molecular weight is 399 g/mol. The van der Waals surface area contributed by atoms with Crippen molar-refractivity contribution >= 4 is 33.6 Å². The number of thioether (sulfide) groups is 1. The highest BCUT2D eigenvalue weighted by molar-refractivity contribution is 7.99. The van der Waals surface area contributed by atoms with Gasteiger partial charge >= 0.3 is 0 Å². The predicted octanol–water partition coefficient (Wildman–Crippen LogP) is 2.35. The van der Waals surface area contributed by atoms with E-state index in [1.807, 2.05) is 20.8 Å². The fourth-order valence-electron chi connectivity index (χ4n) is 1.82. The maximum Gasteiger partial charge on any atom is 0.244 e. The van der Waals surface area contributed by atoms with E-state index in [0.717, 1.165) is 10.00 Å². The van der Waals surface area contributed by atoms with Gasteiger partial charge in [-0.25, -0.2) is 17.7 Å². The zero-order valence-electron chi connectivity index (χ0n) is 15.3. The molecule has 1 N–H and O–H groups in total. The molecule has 0 spiro atoms. The number of nitrogens with zero attached hydrogens (tertiary/aromatic N) is 3. The topological polar surface area (TPSA) is 105 Å². The molecule has 2 aromatic heterocycles. The lowest BCUT2D eigenvalue weighted by Gasteiger charge is -2.12. The lowest BCUT2D eigenvalue weighted by molar-refractivity contribution is -0.113. The molecule has 0 aromatic carbocycles. The third-order valence-corrected chi connectivity index (χ3v) is 6.12. The standard InChI is InChI=1S/C16H22N4O4S2/c1-16(2,3)12-8-14(24-19-12)18-13(21)10-25-15-7-6-11(9-17-15)26(22,23)20(4)5/h6-9H,10H2,1-5H3,(H,18,21). The van der Waals surface area contributed by atoms with Crippen LogP contribution in [-0.4, -0.2) is 48.6 Å². The number of carbonyl (C=O) groups is 1. The lowest BCUT2D eigenvalue weighted by Crippen LogP contribution is -2.22. The maximum absolute atomic E-state index is 12.0. The molecule has 0 aliphatic heterocycles. The Morgan fingerprint density at radius 2 is 2.00 bits per heavy atom. The van der Waals surface area contributed by atoms with Crippen LogP contribution in [0.25, 0.3) is 0 Å². The highest BCUT2D eigenvalue weighted by Crippen LogP contribution is 2.24. The minimum atomic E-state index is -3.51. The smallest absolute Gasteiger partial charge is 0.244 e. The molecule has 0 unspecified atom stereocenters. The molecule has 0 fully saturated rings. The summed E-state index contributed by atoms with van der Waals surface area (Å²) in [6.45, 7) is 5.99. The molecule has 2 heterocycles. The Labute approximate surface area is 157 Å². The molecule has 10 heteroatoms. The van der Waals surface area contributed by atoms with Crippen LogP contribution in [0.15, 0.2) is 38.8 Å². The molecule has 142 valence electrons. The van der Waals surface area contributed by atoms with Crippen LogP contribution in [0.2, 0.25) is 0 Å². The van der Waals surface area contributed by atoms with Gasteiger partial charge in [-0.15, -0.1) is 0 Å². The minimum absolute atomic E-state index is 0.104. The van der Waals surface area contributed by atoms with Gasteiger partial charge in [0.25, 0.3) is 0 Å². The summed E-state index contributed by atoms with van der Waals surface area (Å²) in [4.78, 5) is 16.2. The highest BCUT2D eigenvalue weighted by Gasteiger charge is 2.20. The number of amides is 1. The molecule has 2 aromatic rings. The number of rotatable bonds is 6. The Morgan fingerprint density at radius 3 is 2.50 bits per heavy atom. The first kappa shape index (κ1) is 20.4. The fourth-order valence-corrected chi connectivity index (χ4v) is 3.31. The van der Waals surface area contributed by atoms with E-state index in [9.17, 15) is 13.2 Å². The first-order chi connectivity index (χ1) is 12.0. The molecule has 0 radical (unpaired) electrons. The van der Waals surface area contributed by atoms with Crippen molar-refractivity contribution in [1.82, 2.24) is 14.4 Å². The van der Waals surface area contributed by atoms with Crippen LogP contribution < -0.4 is 5.32 Å². The Balaban J connectivity index is 1.92. The van der Waals surface area contributed by atoms with Gasteiger partial charge in [-0.05, 0) is 12.1 Å². The zero-order valence-corrected chi connectivity index (χ0v) is 16.9. The summed E-state index contributed by atoms with van der Waals surface area (Å²) in [5.74, 6) is 0.137. The van der Waals surface area contributed by atoms with E-state index >= 15 is 0 Å². The quantitative estimate of drug-likeness (QED) is 0.745. The summed E-state index contributed by atoms with van der Waals surface area (Å²) in [6.07, 6.45) is 1.28. The molecule has 1 amide bonds. The van der Waals surface area contributed by atoms with Crippen molar-refractivity contribution in [2.45, 2.75) is 36.1 Å². The third kappa shape index (κ3) is 5.05. The van der Waals surface area contributed by atoms with Crippen LogP contribution in [0.4, 0.5) is 5.88 Å². The van der Waals surface area contributed by atoms with E-state index in [-0.39, 0.29) is 22.0 Å². The van der Waals surface area contributed by atoms with E-state index in [0.29, 0.717) is 10.9 Å².